The van der Waals surface area contributed by atoms with Gasteiger partial charge in [0.2, 0.25) is 5.91 Å². The summed E-state index contributed by atoms with van der Waals surface area (Å²) in [6.07, 6.45) is 0. The summed E-state index contributed by atoms with van der Waals surface area (Å²) in [7, 11) is 0. The Bertz CT molecular complexity index is 1330. The molecule has 1 amide bonds. The molecule has 1 N–H and O–H groups in total. The van der Waals surface area contributed by atoms with Crippen molar-refractivity contribution in [2.24, 2.45) is 0 Å². The molecule has 0 radical (unpaired) electrons. The van der Waals surface area contributed by atoms with Crippen LogP contribution in [0.5, 0.6) is 5.75 Å². The third kappa shape index (κ3) is 6.16. The fourth-order valence-corrected chi connectivity index (χ4v) is 4.23. The number of ether oxygens (including phenoxy) is 1. The van der Waals surface area contributed by atoms with Crippen LogP contribution in [0.4, 0.5) is 5.69 Å². The number of benzene rings is 3. The molecule has 4 aromatic rings. The minimum atomic E-state index is -0.178. The Hall–Kier alpha value is -3.91. The molecule has 0 aliphatic carbocycles. The lowest BCUT2D eigenvalue weighted by atomic mass is 10.1. The fraction of sp³-hybridized carbons (Fsp3) is 0.185. The van der Waals surface area contributed by atoms with Crippen LogP contribution in [-0.2, 0) is 11.4 Å². The second-order valence-corrected chi connectivity index (χ2v) is 9.04. The van der Waals surface area contributed by atoms with Gasteiger partial charge in [-0.3, -0.25) is 14.2 Å². The number of hydrogen-bond donors (Lipinski definition) is 1. The first-order valence-corrected chi connectivity index (χ1v) is 12.1. The van der Waals surface area contributed by atoms with Gasteiger partial charge in [0.05, 0.1) is 11.4 Å². The Morgan fingerprint density at radius 1 is 0.971 bits per heavy atom. The van der Waals surface area contributed by atoms with Gasteiger partial charge < -0.3 is 10.1 Å². The first kappa shape index (κ1) is 24.2. The Morgan fingerprint density at radius 3 is 2.43 bits per heavy atom. The van der Waals surface area contributed by atoms with Gasteiger partial charge in [-0.2, -0.15) is 0 Å². The predicted octanol–water partition coefficient (Wildman–Crippen LogP) is 5.40. The monoisotopic (exact) mass is 486 g/mol. The highest BCUT2D eigenvalue weighted by Gasteiger charge is 2.18. The van der Waals surface area contributed by atoms with Crippen molar-refractivity contribution in [2.45, 2.75) is 32.5 Å². The molecule has 0 aliphatic rings. The number of para-hydroxylation sites is 1. The molecule has 0 bridgehead atoms. The summed E-state index contributed by atoms with van der Waals surface area (Å²) in [4.78, 5) is 24.1. The number of ketones is 1. The quantitative estimate of drug-likeness (QED) is 0.252. The smallest absolute Gasteiger partial charge is 0.234 e. The predicted molar refractivity (Wildman–Crippen MR) is 137 cm³/mol. The van der Waals surface area contributed by atoms with E-state index >= 15 is 0 Å². The van der Waals surface area contributed by atoms with Gasteiger partial charge in [0.25, 0.3) is 0 Å². The number of aromatic nitrogens is 3. The molecule has 7 nitrogen and oxygen atoms in total. The fourth-order valence-electron chi connectivity index (χ4n) is 3.47. The summed E-state index contributed by atoms with van der Waals surface area (Å²) in [5, 5.41) is 12.2. The second kappa shape index (κ2) is 11.0. The van der Waals surface area contributed by atoms with E-state index in [1.807, 2.05) is 48.7 Å². The Morgan fingerprint density at radius 2 is 1.71 bits per heavy atom. The maximum Gasteiger partial charge on any atom is 0.234 e. The number of thioether (sulfide) groups is 1. The molecular weight excluding hydrogens is 460 g/mol. The van der Waals surface area contributed by atoms with Crippen molar-refractivity contribution in [2.75, 3.05) is 11.1 Å². The van der Waals surface area contributed by atoms with E-state index in [2.05, 4.69) is 33.7 Å². The zero-order chi connectivity index (χ0) is 24.8. The van der Waals surface area contributed by atoms with Gasteiger partial charge in [-0.15, -0.1) is 10.2 Å². The number of nitrogens with one attached hydrogen (secondary N) is 1. The molecule has 178 valence electrons. The molecule has 0 spiro atoms. The van der Waals surface area contributed by atoms with Crippen molar-refractivity contribution in [3.8, 4) is 11.4 Å². The zero-order valence-corrected chi connectivity index (χ0v) is 20.6. The number of Topliss-reactive ketones (excluding diaryl/α,β-unsaturated/α-hetero) is 1. The Kier molecular flexibility index (Phi) is 7.62. The highest BCUT2D eigenvalue weighted by molar-refractivity contribution is 7.99. The lowest BCUT2D eigenvalue weighted by Crippen LogP contribution is -2.15. The highest BCUT2D eigenvalue weighted by Crippen LogP contribution is 2.26. The number of carbonyl (C=O) groups is 2. The molecule has 0 saturated carbocycles. The number of carbonyl (C=O) groups excluding carboxylic acids is 2. The van der Waals surface area contributed by atoms with Crippen LogP contribution in [0.25, 0.3) is 5.69 Å². The Balaban J connectivity index is 1.52. The summed E-state index contributed by atoms with van der Waals surface area (Å²) in [6, 6.07) is 22.6. The molecule has 0 unspecified atom stereocenters. The van der Waals surface area contributed by atoms with E-state index < -0.39 is 0 Å². The Labute approximate surface area is 208 Å². The molecule has 1 heterocycles. The summed E-state index contributed by atoms with van der Waals surface area (Å²) < 4.78 is 7.88. The number of amides is 1. The lowest BCUT2D eigenvalue weighted by Gasteiger charge is -2.14. The number of nitrogens with zero attached hydrogens (tertiary/aromatic N) is 3. The topological polar surface area (TPSA) is 86.1 Å². The van der Waals surface area contributed by atoms with Crippen molar-refractivity contribution in [1.82, 2.24) is 14.8 Å². The molecule has 0 fully saturated rings. The SMILES string of the molecule is CC(=O)c1ccc(NC(=O)CSc2nnc(COc3ccccc3)n2-c2cc(C)ccc2C)cc1. The minimum absolute atomic E-state index is 0.0174. The first-order valence-electron chi connectivity index (χ1n) is 11.1. The minimum Gasteiger partial charge on any atom is -0.486 e. The zero-order valence-electron chi connectivity index (χ0n) is 19.8. The van der Waals surface area contributed by atoms with Crippen LogP contribution in [0.1, 0.15) is 34.2 Å². The van der Waals surface area contributed by atoms with Gasteiger partial charge in [0.15, 0.2) is 16.8 Å². The van der Waals surface area contributed by atoms with Gasteiger partial charge in [-0.05, 0) is 74.4 Å². The highest BCUT2D eigenvalue weighted by atomic mass is 32.2. The molecule has 0 atom stereocenters. The van der Waals surface area contributed by atoms with Crippen LogP contribution in [0.15, 0.2) is 78.0 Å². The number of hydrogen-bond acceptors (Lipinski definition) is 6. The van der Waals surface area contributed by atoms with E-state index in [0.717, 1.165) is 22.6 Å². The number of rotatable bonds is 9. The maximum absolute atomic E-state index is 12.6. The molecule has 1 aromatic heterocycles. The van der Waals surface area contributed by atoms with Gasteiger partial charge >= 0.3 is 0 Å². The third-order valence-electron chi connectivity index (χ3n) is 5.32. The normalized spacial score (nSPS) is 10.7. The van der Waals surface area contributed by atoms with E-state index in [0.29, 0.717) is 22.2 Å². The van der Waals surface area contributed by atoms with Crippen LogP contribution in [-0.4, -0.2) is 32.2 Å². The lowest BCUT2D eigenvalue weighted by molar-refractivity contribution is -0.113. The maximum atomic E-state index is 12.6. The van der Waals surface area contributed by atoms with Crippen LogP contribution in [0.2, 0.25) is 0 Å². The van der Waals surface area contributed by atoms with E-state index in [4.69, 9.17) is 4.74 Å². The summed E-state index contributed by atoms with van der Waals surface area (Å²) in [5.74, 6) is 1.34. The number of anilines is 1. The molecule has 8 heteroatoms. The molecule has 35 heavy (non-hydrogen) atoms. The van der Waals surface area contributed by atoms with Crippen molar-refractivity contribution in [1.29, 1.82) is 0 Å². The van der Waals surface area contributed by atoms with Gasteiger partial charge in [-0.1, -0.05) is 42.1 Å². The molecule has 0 aliphatic heterocycles. The third-order valence-corrected chi connectivity index (χ3v) is 6.25. The first-order chi connectivity index (χ1) is 16.9. The average Bonchev–Trinajstić information content (AvgIpc) is 3.26. The van der Waals surface area contributed by atoms with Crippen LogP contribution >= 0.6 is 11.8 Å². The van der Waals surface area contributed by atoms with Crippen molar-refractivity contribution in [3.63, 3.8) is 0 Å². The summed E-state index contributed by atoms with van der Waals surface area (Å²) >= 11 is 1.30. The van der Waals surface area contributed by atoms with Crippen molar-refractivity contribution < 1.29 is 14.3 Å². The van der Waals surface area contributed by atoms with E-state index in [-0.39, 0.29) is 24.1 Å². The van der Waals surface area contributed by atoms with Gasteiger partial charge in [0, 0.05) is 11.3 Å². The second-order valence-electron chi connectivity index (χ2n) is 8.10. The largest absolute Gasteiger partial charge is 0.486 e. The van der Waals surface area contributed by atoms with Gasteiger partial charge in [-0.25, -0.2) is 0 Å². The summed E-state index contributed by atoms with van der Waals surface area (Å²) in [6.45, 7) is 5.81. The average molecular weight is 487 g/mol. The molecule has 4 rings (SSSR count). The molecular formula is C27H26N4O3S. The van der Waals surface area contributed by atoms with Crippen LogP contribution in [0, 0.1) is 13.8 Å². The van der Waals surface area contributed by atoms with E-state index in [1.54, 1.807) is 24.3 Å². The van der Waals surface area contributed by atoms with Crippen LogP contribution < -0.4 is 10.1 Å². The van der Waals surface area contributed by atoms with E-state index in [1.165, 1.54) is 18.7 Å². The molecule has 3 aromatic carbocycles. The van der Waals surface area contributed by atoms with Crippen molar-refractivity contribution in [3.05, 3.63) is 95.3 Å². The summed E-state index contributed by atoms with van der Waals surface area (Å²) in [5.41, 5.74) is 4.35. The van der Waals surface area contributed by atoms with Gasteiger partial charge in [0.1, 0.15) is 12.4 Å². The number of aryl methyl sites for hydroxylation is 2. The molecule has 0 saturated heterocycles. The van der Waals surface area contributed by atoms with Crippen molar-refractivity contribution >= 4 is 29.1 Å². The van der Waals surface area contributed by atoms with E-state index in [9.17, 15) is 9.59 Å². The standard InChI is InChI=1S/C27H26N4O3S/c1-18-9-10-19(2)24(15-18)31-25(16-34-23-7-5-4-6-8-23)29-30-27(31)35-17-26(33)28-22-13-11-21(12-14-22)20(3)32/h4-15H,16-17H2,1-3H3,(H,28,33). The van der Waals surface area contributed by atoms with Crippen LogP contribution in [0.3, 0.4) is 0 Å².